The average Bonchev–Trinajstić information content (AvgIpc) is 3.63. The van der Waals surface area contributed by atoms with Crippen LogP contribution in [0, 0.1) is 12.3 Å². The first-order valence-electron chi connectivity index (χ1n) is 15.6. The van der Waals surface area contributed by atoms with Gasteiger partial charge < -0.3 is 18.9 Å². The van der Waals surface area contributed by atoms with E-state index in [0.717, 1.165) is 61.7 Å². The second-order valence-corrected chi connectivity index (χ2v) is 13.9. The summed E-state index contributed by atoms with van der Waals surface area (Å²) in [6, 6.07) is 16.9. The number of benzene rings is 2. The van der Waals surface area contributed by atoms with Gasteiger partial charge >= 0.3 is 0 Å². The minimum Gasteiger partial charge on any atom is -0.454 e. The van der Waals surface area contributed by atoms with E-state index >= 15 is 0 Å². The average molecular weight is 557 g/mol. The second kappa shape index (κ2) is 10.0. The van der Waals surface area contributed by atoms with Gasteiger partial charge in [-0.1, -0.05) is 39.0 Å². The summed E-state index contributed by atoms with van der Waals surface area (Å²) in [5.74, 6) is 3.10. The Balaban J connectivity index is 1.10. The van der Waals surface area contributed by atoms with E-state index in [9.17, 15) is 4.79 Å². The molecule has 0 N–H and O–H groups in total. The van der Waals surface area contributed by atoms with Gasteiger partial charge in [0.05, 0.1) is 11.0 Å². The number of likely N-dealkylation sites (tertiary alicyclic amines) is 1. The van der Waals surface area contributed by atoms with Gasteiger partial charge in [0.2, 0.25) is 12.7 Å². The second-order valence-electron chi connectivity index (χ2n) is 13.9. The van der Waals surface area contributed by atoms with Crippen LogP contribution in [0.15, 0.2) is 42.5 Å². The molecule has 2 bridgehead atoms. The van der Waals surface area contributed by atoms with Crippen LogP contribution in [0.1, 0.15) is 83.1 Å². The summed E-state index contributed by atoms with van der Waals surface area (Å²) in [5.41, 5.74) is 3.42. The van der Waals surface area contributed by atoms with Crippen molar-refractivity contribution in [2.45, 2.75) is 96.2 Å². The van der Waals surface area contributed by atoms with E-state index in [1.165, 1.54) is 36.8 Å². The lowest BCUT2D eigenvalue weighted by molar-refractivity contribution is -0.141. The van der Waals surface area contributed by atoms with Crippen molar-refractivity contribution in [2.24, 2.45) is 5.41 Å². The first kappa shape index (κ1) is 26.8. The van der Waals surface area contributed by atoms with Gasteiger partial charge in [0.15, 0.2) is 11.5 Å². The van der Waals surface area contributed by atoms with Crippen LogP contribution >= 0.6 is 0 Å². The molecule has 218 valence electrons. The van der Waals surface area contributed by atoms with Crippen molar-refractivity contribution in [3.8, 4) is 11.5 Å². The van der Waals surface area contributed by atoms with Crippen LogP contribution in [0.25, 0.3) is 11.0 Å². The number of fused-ring (bicyclic) bond motifs is 4. The number of imidazole rings is 1. The Hall–Kier alpha value is -3.06. The number of carbonyl (C=O) groups is 1. The van der Waals surface area contributed by atoms with Crippen molar-refractivity contribution in [3.05, 3.63) is 53.9 Å². The highest BCUT2D eigenvalue weighted by Crippen LogP contribution is 2.47. The smallest absolute Gasteiger partial charge is 0.231 e. The third-order valence-corrected chi connectivity index (χ3v) is 10.5. The molecule has 2 aromatic carbocycles. The molecule has 3 fully saturated rings. The fourth-order valence-corrected chi connectivity index (χ4v) is 8.31. The molecule has 4 aliphatic rings. The number of para-hydroxylation sites is 2. The number of aromatic nitrogens is 2. The molecule has 0 spiro atoms. The SMILES string of the molecule is Cc1nc2ccccc2n1[C@H]1C[C@H]2CC[C@@H](C1)N2CCC1(c2ccc3c(c2)OCO3)CCN(C(=O)C(C)(C)C)CC1. The van der Waals surface area contributed by atoms with Gasteiger partial charge in [-0.25, -0.2) is 4.98 Å². The van der Waals surface area contributed by atoms with E-state index in [1.807, 2.05) is 20.8 Å². The zero-order valence-corrected chi connectivity index (χ0v) is 25.1. The van der Waals surface area contributed by atoms with E-state index in [-0.39, 0.29) is 16.7 Å². The standard InChI is InChI=1S/C34H44N4O3/c1-23-35-28-7-5-6-8-29(28)38(23)27-20-25-10-11-26(21-27)37(25)18-15-34(24-9-12-30-31(19-24)41-22-40-30)13-16-36(17-14-34)32(39)33(2,3)4/h5-9,12,19,25-27H,10-11,13-18,20-22H2,1-4H3/t25-,26+,27+. The quantitative estimate of drug-likeness (QED) is 0.373. The molecule has 7 rings (SSSR count). The van der Waals surface area contributed by atoms with Crippen molar-refractivity contribution in [2.75, 3.05) is 26.4 Å². The number of carbonyl (C=O) groups excluding carboxylic acids is 1. The lowest BCUT2D eigenvalue weighted by Crippen LogP contribution is -2.50. The van der Waals surface area contributed by atoms with E-state index < -0.39 is 0 Å². The minimum absolute atomic E-state index is 0.0308. The Labute approximate surface area is 243 Å². The van der Waals surface area contributed by atoms with Crippen molar-refractivity contribution in [1.29, 1.82) is 0 Å². The molecule has 7 nitrogen and oxygen atoms in total. The van der Waals surface area contributed by atoms with Gasteiger partial charge in [-0.2, -0.15) is 0 Å². The van der Waals surface area contributed by atoms with Gasteiger partial charge in [0.1, 0.15) is 5.82 Å². The van der Waals surface area contributed by atoms with Gasteiger partial charge in [-0.3, -0.25) is 9.69 Å². The van der Waals surface area contributed by atoms with Gasteiger partial charge in [-0.15, -0.1) is 0 Å². The van der Waals surface area contributed by atoms with E-state index in [4.69, 9.17) is 14.5 Å². The molecule has 3 atom stereocenters. The lowest BCUT2D eigenvalue weighted by atomic mass is 9.69. The number of ether oxygens (including phenoxy) is 2. The number of aryl methyl sites for hydroxylation is 1. The molecule has 0 radical (unpaired) electrons. The minimum atomic E-state index is -0.346. The summed E-state index contributed by atoms with van der Waals surface area (Å²) in [6.45, 7) is 11.3. The molecule has 5 heterocycles. The molecule has 1 amide bonds. The number of hydrogen-bond acceptors (Lipinski definition) is 5. The molecular formula is C34H44N4O3. The van der Waals surface area contributed by atoms with Gasteiger partial charge in [0.25, 0.3) is 0 Å². The summed E-state index contributed by atoms with van der Waals surface area (Å²) in [4.78, 5) is 22.9. The highest BCUT2D eigenvalue weighted by atomic mass is 16.7. The van der Waals surface area contributed by atoms with Crippen molar-refractivity contribution >= 4 is 16.9 Å². The number of amides is 1. The molecule has 3 saturated heterocycles. The largest absolute Gasteiger partial charge is 0.454 e. The maximum absolute atomic E-state index is 13.1. The summed E-state index contributed by atoms with van der Waals surface area (Å²) in [7, 11) is 0. The van der Waals surface area contributed by atoms with Gasteiger partial charge in [0, 0.05) is 42.0 Å². The zero-order chi connectivity index (χ0) is 28.4. The Bertz CT molecular complexity index is 1430. The number of piperidine rings is 2. The van der Waals surface area contributed by atoms with Gasteiger partial charge in [-0.05, 0) is 88.2 Å². The number of nitrogens with zero attached hydrogens (tertiary/aromatic N) is 4. The molecular weight excluding hydrogens is 512 g/mol. The van der Waals surface area contributed by atoms with Crippen LogP contribution < -0.4 is 9.47 Å². The monoisotopic (exact) mass is 556 g/mol. The van der Waals surface area contributed by atoms with Crippen LogP contribution in [0.3, 0.4) is 0 Å². The molecule has 3 aromatic rings. The Kier molecular flexibility index (Phi) is 6.57. The molecule has 0 aliphatic carbocycles. The fraction of sp³-hybridized carbons (Fsp3) is 0.588. The predicted octanol–water partition coefficient (Wildman–Crippen LogP) is 6.24. The molecule has 41 heavy (non-hydrogen) atoms. The van der Waals surface area contributed by atoms with Crippen molar-refractivity contribution < 1.29 is 14.3 Å². The Morgan fingerprint density at radius 2 is 1.68 bits per heavy atom. The Morgan fingerprint density at radius 1 is 0.976 bits per heavy atom. The first-order chi connectivity index (χ1) is 19.7. The van der Waals surface area contributed by atoms with Crippen LogP contribution in [-0.2, 0) is 10.2 Å². The maximum Gasteiger partial charge on any atom is 0.231 e. The maximum atomic E-state index is 13.1. The normalized spacial score (nSPS) is 25.7. The first-order valence-corrected chi connectivity index (χ1v) is 15.6. The molecule has 0 unspecified atom stereocenters. The summed E-state index contributed by atoms with van der Waals surface area (Å²) < 4.78 is 14.0. The summed E-state index contributed by atoms with van der Waals surface area (Å²) in [5, 5.41) is 0. The fourth-order valence-electron chi connectivity index (χ4n) is 8.31. The third kappa shape index (κ3) is 4.70. The zero-order valence-electron chi connectivity index (χ0n) is 25.1. The highest BCUT2D eigenvalue weighted by Gasteiger charge is 2.45. The molecule has 0 saturated carbocycles. The van der Waals surface area contributed by atoms with Crippen molar-refractivity contribution in [1.82, 2.24) is 19.4 Å². The summed E-state index contributed by atoms with van der Waals surface area (Å²) in [6.07, 6.45) is 8.05. The lowest BCUT2D eigenvalue weighted by Gasteiger charge is -2.46. The summed E-state index contributed by atoms with van der Waals surface area (Å²) >= 11 is 0. The number of rotatable bonds is 5. The third-order valence-electron chi connectivity index (χ3n) is 10.5. The number of hydrogen-bond donors (Lipinski definition) is 0. The van der Waals surface area contributed by atoms with E-state index in [1.54, 1.807) is 0 Å². The predicted molar refractivity (Wildman–Crippen MR) is 160 cm³/mol. The van der Waals surface area contributed by atoms with Crippen LogP contribution in [0.5, 0.6) is 11.5 Å². The van der Waals surface area contributed by atoms with E-state index in [0.29, 0.717) is 24.9 Å². The van der Waals surface area contributed by atoms with Crippen LogP contribution in [0.4, 0.5) is 0 Å². The molecule has 4 aliphatic heterocycles. The molecule has 7 heteroatoms. The highest BCUT2D eigenvalue weighted by molar-refractivity contribution is 5.81. The van der Waals surface area contributed by atoms with E-state index in [2.05, 4.69) is 63.8 Å². The Morgan fingerprint density at radius 3 is 2.41 bits per heavy atom. The van der Waals surface area contributed by atoms with Crippen LogP contribution in [-0.4, -0.2) is 63.8 Å². The van der Waals surface area contributed by atoms with Crippen molar-refractivity contribution in [3.63, 3.8) is 0 Å². The molecule has 1 aromatic heterocycles. The van der Waals surface area contributed by atoms with Crippen LogP contribution in [0.2, 0.25) is 0 Å². The topological polar surface area (TPSA) is 59.8 Å².